The maximum absolute atomic E-state index is 12.4. The lowest BCUT2D eigenvalue weighted by molar-refractivity contribution is 0.102. The van der Waals surface area contributed by atoms with Gasteiger partial charge in [-0.15, -0.1) is 0 Å². The number of hydrogen-bond donors (Lipinski definition) is 2. The summed E-state index contributed by atoms with van der Waals surface area (Å²) in [5.74, 6) is 2.17. The third kappa shape index (κ3) is 3.81. The van der Waals surface area contributed by atoms with E-state index in [9.17, 15) is 4.79 Å². The van der Waals surface area contributed by atoms with E-state index in [1.165, 1.54) is 0 Å². The van der Waals surface area contributed by atoms with Gasteiger partial charge >= 0.3 is 0 Å². The van der Waals surface area contributed by atoms with Gasteiger partial charge in [0.15, 0.2) is 17.3 Å². The number of ether oxygens (including phenoxy) is 2. The molecular formula is C18H17N5O4. The van der Waals surface area contributed by atoms with Gasteiger partial charge < -0.3 is 24.6 Å². The molecule has 0 bridgehead atoms. The highest BCUT2D eigenvalue weighted by molar-refractivity contribution is 6.02. The molecule has 0 fully saturated rings. The molecule has 4 rings (SSSR count). The SMILES string of the molecule is Cc1cc(C(=O)Nc2cc(C)on2)nc(Nc2ccc3c(c2)OCCO3)n1. The predicted octanol–water partition coefficient (Wildman–Crippen LogP) is 2.85. The number of nitrogens with zero attached hydrogens (tertiary/aromatic N) is 3. The number of carbonyl (C=O) groups excluding carboxylic acids is 1. The first-order valence-corrected chi connectivity index (χ1v) is 8.34. The van der Waals surface area contributed by atoms with Crippen LogP contribution in [0.2, 0.25) is 0 Å². The lowest BCUT2D eigenvalue weighted by atomic mass is 10.2. The first-order chi connectivity index (χ1) is 13.1. The van der Waals surface area contributed by atoms with Crippen LogP contribution >= 0.6 is 0 Å². The van der Waals surface area contributed by atoms with Crippen molar-refractivity contribution in [2.24, 2.45) is 0 Å². The van der Waals surface area contributed by atoms with Crippen molar-refractivity contribution < 1.29 is 18.8 Å². The highest BCUT2D eigenvalue weighted by Gasteiger charge is 2.15. The fraction of sp³-hybridized carbons (Fsp3) is 0.222. The molecule has 0 unspecified atom stereocenters. The topological polar surface area (TPSA) is 111 Å². The molecule has 0 saturated heterocycles. The van der Waals surface area contributed by atoms with Crippen LogP contribution in [0.25, 0.3) is 0 Å². The zero-order valence-corrected chi connectivity index (χ0v) is 14.8. The van der Waals surface area contributed by atoms with Crippen molar-refractivity contribution in [3.63, 3.8) is 0 Å². The van der Waals surface area contributed by atoms with E-state index in [0.717, 1.165) is 5.69 Å². The Morgan fingerprint density at radius 1 is 1.04 bits per heavy atom. The highest BCUT2D eigenvalue weighted by Crippen LogP contribution is 2.33. The Kier molecular flexibility index (Phi) is 4.33. The molecule has 1 aromatic carbocycles. The Morgan fingerprint density at radius 2 is 1.85 bits per heavy atom. The summed E-state index contributed by atoms with van der Waals surface area (Å²) >= 11 is 0. The third-order valence-electron chi connectivity index (χ3n) is 3.75. The lowest BCUT2D eigenvalue weighted by Gasteiger charge is -2.19. The minimum atomic E-state index is -0.404. The molecule has 1 aliphatic heterocycles. The van der Waals surface area contributed by atoms with Gasteiger partial charge in [0, 0.05) is 23.5 Å². The van der Waals surface area contributed by atoms with Crippen LogP contribution in [-0.2, 0) is 0 Å². The predicted molar refractivity (Wildman–Crippen MR) is 96.7 cm³/mol. The van der Waals surface area contributed by atoms with Gasteiger partial charge in [0.25, 0.3) is 5.91 Å². The first kappa shape index (κ1) is 16.8. The van der Waals surface area contributed by atoms with Crippen LogP contribution in [0.4, 0.5) is 17.5 Å². The molecule has 2 N–H and O–H groups in total. The number of amides is 1. The van der Waals surface area contributed by atoms with E-state index in [-0.39, 0.29) is 5.69 Å². The van der Waals surface area contributed by atoms with Crippen molar-refractivity contribution in [1.29, 1.82) is 0 Å². The van der Waals surface area contributed by atoms with Crippen LogP contribution in [-0.4, -0.2) is 34.2 Å². The van der Waals surface area contributed by atoms with Gasteiger partial charge in [-0.05, 0) is 32.0 Å². The van der Waals surface area contributed by atoms with Gasteiger partial charge in [0.1, 0.15) is 24.7 Å². The first-order valence-electron chi connectivity index (χ1n) is 8.34. The van der Waals surface area contributed by atoms with Crippen LogP contribution in [0.1, 0.15) is 21.9 Å². The molecule has 9 nitrogen and oxygen atoms in total. The molecule has 0 radical (unpaired) electrons. The molecule has 1 amide bonds. The van der Waals surface area contributed by atoms with E-state index in [0.29, 0.717) is 47.9 Å². The second-order valence-corrected chi connectivity index (χ2v) is 5.98. The van der Waals surface area contributed by atoms with Crippen LogP contribution in [0.5, 0.6) is 11.5 Å². The van der Waals surface area contributed by atoms with E-state index >= 15 is 0 Å². The molecule has 0 saturated carbocycles. The summed E-state index contributed by atoms with van der Waals surface area (Å²) in [6, 6.07) is 8.67. The van der Waals surface area contributed by atoms with Crippen molar-refractivity contribution in [2.45, 2.75) is 13.8 Å². The van der Waals surface area contributed by atoms with Crippen molar-refractivity contribution in [3.05, 3.63) is 47.5 Å². The molecule has 0 atom stereocenters. The Morgan fingerprint density at radius 3 is 2.63 bits per heavy atom. The molecule has 9 heteroatoms. The molecule has 0 aliphatic carbocycles. The lowest BCUT2D eigenvalue weighted by Crippen LogP contribution is -2.16. The fourth-order valence-corrected chi connectivity index (χ4v) is 2.60. The normalized spacial score (nSPS) is 12.5. The van der Waals surface area contributed by atoms with Gasteiger partial charge in [-0.3, -0.25) is 4.79 Å². The molecule has 27 heavy (non-hydrogen) atoms. The summed E-state index contributed by atoms with van der Waals surface area (Å²) < 4.78 is 16.0. The number of hydrogen-bond acceptors (Lipinski definition) is 8. The van der Waals surface area contributed by atoms with E-state index in [1.54, 1.807) is 32.0 Å². The Labute approximate surface area is 154 Å². The third-order valence-corrected chi connectivity index (χ3v) is 3.75. The summed E-state index contributed by atoms with van der Waals surface area (Å²) in [5.41, 5.74) is 1.58. The van der Waals surface area contributed by atoms with Crippen molar-refractivity contribution in [1.82, 2.24) is 15.1 Å². The van der Waals surface area contributed by atoms with Crippen LogP contribution in [0.3, 0.4) is 0 Å². The molecule has 138 valence electrons. The quantitative estimate of drug-likeness (QED) is 0.724. The molecule has 0 spiro atoms. The standard InChI is InChI=1S/C18H17N5O4/c1-10-7-13(17(24)22-16-8-11(2)27-23-16)21-18(19-10)20-12-3-4-14-15(9-12)26-6-5-25-14/h3-4,7-9H,5-6H2,1-2H3,(H,19,20,21)(H,22,23,24). The molecule has 3 heterocycles. The minimum Gasteiger partial charge on any atom is -0.486 e. The van der Waals surface area contributed by atoms with Gasteiger partial charge in [-0.25, -0.2) is 9.97 Å². The molecular weight excluding hydrogens is 350 g/mol. The van der Waals surface area contributed by atoms with Gasteiger partial charge in [-0.1, -0.05) is 5.16 Å². The van der Waals surface area contributed by atoms with E-state index < -0.39 is 5.91 Å². The number of anilines is 3. The summed E-state index contributed by atoms with van der Waals surface area (Å²) in [6.07, 6.45) is 0. The van der Waals surface area contributed by atoms with Crippen molar-refractivity contribution in [2.75, 3.05) is 23.8 Å². The van der Waals surface area contributed by atoms with Gasteiger partial charge in [-0.2, -0.15) is 0 Å². The Balaban J connectivity index is 1.54. The Bertz CT molecular complexity index is 1000. The zero-order chi connectivity index (χ0) is 18.8. The molecule has 2 aromatic heterocycles. The second-order valence-electron chi connectivity index (χ2n) is 5.98. The van der Waals surface area contributed by atoms with E-state index in [4.69, 9.17) is 14.0 Å². The largest absolute Gasteiger partial charge is 0.486 e. The van der Waals surface area contributed by atoms with Gasteiger partial charge in [0.2, 0.25) is 5.95 Å². The number of fused-ring (bicyclic) bond motifs is 1. The maximum atomic E-state index is 12.4. The number of rotatable bonds is 4. The monoisotopic (exact) mass is 367 g/mol. The minimum absolute atomic E-state index is 0.211. The molecule has 1 aliphatic rings. The maximum Gasteiger partial charge on any atom is 0.275 e. The number of nitrogens with one attached hydrogen (secondary N) is 2. The summed E-state index contributed by atoms with van der Waals surface area (Å²) in [6.45, 7) is 4.56. The Hall–Kier alpha value is -3.62. The second kappa shape index (κ2) is 6.94. The van der Waals surface area contributed by atoms with Crippen LogP contribution < -0.4 is 20.1 Å². The van der Waals surface area contributed by atoms with Crippen molar-refractivity contribution in [3.8, 4) is 11.5 Å². The van der Waals surface area contributed by atoms with E-state index in [2.05, 4.69) is 25.8 Å². The summed E-state index contributed by atoms with van der Waals surface area (Å²) in [4.78, 5) is 21.0. The highest BCUT2D eigenvalue weighted by atomic mass is 16.6. The summed E-state index contributed by atoms with van der Waals surface area (Å²) in [5, 5.41) is 9.47. The average Bonchev–Trinajstić information content (AvgIpc) is 3.06. The number of aromatic nitrogens is 3. The summed E-state index contributed by atoms with van der Waals surface area (Å²) in [7, 11) is 0. The van der Waals surface area contributed by atoms with Crippen molar-refractivity contribution >= 4 is 23.4 Å². The van der Waals surface area contributed by atoms with E-state index in [1.807, 2.05) is 12.1 Å². The number of benzene rings is 1. The zero-order valence-electron chi connectivity index (χ0n) is 14.8. The smallest absolute Gasteiger partial charge is 0.275 e. The fourth-order valence-electron chi connectivity index (χ4n) is 2.60. The number of carbonyl (C=O) groups is 1. The molecule has 3 aromatic rings. The average molecular weight is 367 g/mol. The number of aryl methyl sites for hydroxylation is 2. The van der Waals surface area contributed by atoms with Crippen LogP contribution in [0.15, 0.2) is 34.9 Å². The van der Waals surface area contributed by atoms with Crippen LogP contribution in [0, 0.1) is 13.8 Å². The van der Waals surface area contributed by atoms with Gasteiger partial charge in [0.05, 0.1) is 0 Å².